The molecule has 0 radical (unpaired) electrons. The van der Waals surface area contributed by atoms with Crippen LogP contribution in [-0.4, -0.2) is 64.2 Å². The number of rotatable bonds is 5. The minimum Gasteiger partial charge on any atom is -0.399 e. The fourth-order valence-corrected chi connectivity index (χ4v) is 3.49. The first-order chi connectivity index (χ1) is 11.9. The van der Waals surface area contributed by atoms with Crippen molar-refractivity contribution in [3.8, 4) is 0 Å². The molecule has 3 rings (SSSR count). The molecule has 2 aliphatic heterocycles. The van der Waals surface area contributed by atoms with Crippen molar-refractivity contribution >= 4 is 34.1 Å². The van der Waals surface area contributed by atoms with E-state index in [0.717, 1.165) is 19.3 Å². The van der Waals surface area contributed by atoms with E-state index in [2.05, 4.69) is 15.0 Å². The number of hydrogen-bond acceptors (Lipinski definition) is 7. The van der Waals surface area contributed by atoms with Gasteiger partial charge in [0.05, 0.1) is 23.1 Å². The Bertz CT molecular complexity index is 777. The summed E-state index contributed by atoms with van der Waals surface area (Å²) < 4.78 is 38.3. The Hall–Kier alpha value is -1.36. The lowest BCUT2D eigenvalue weighted by Gasteiger charge is -2.40. The molecule has 1 aromatic heterocycles. The zero-order chi connectivity index (χ0) is 19.3. The Morgan fingerprint density at radius 2 is 1.81 bits per heavy atom. The fourth-order valence-electron chi connectivity index (χ4n) is 2.94. The summed E-state index contributed by atoms with van der Waals surface area (Å²) >= 11 is 0. The zero-order valence-corrected chi connectivity index (χ0v) is 17.0. The smallest absolute Gasteiger partial charge is 0.399 e. The van der Waals surface area contributed by atoms with E-state index >= 15 is 0 Å². The molecule has 0 aromatic carbocycles. The van der Waals surface area contributed by atoms with Gasteiger partial charge in [-0.15, -0.1) is 0 Å². The first kappa shape index (κ1) is 19.4. The molecule has 0 bridgehead atoms. The van der Waals surface area contributed by atoms with E-state index < -0.39 is 28.3 Å². The Labute approximate surface area is 155 Å². The summed E-state index contributed by atoms with van der Waals surface area (Å²) in [6, 6.07) is 2.13. The van der Waals surface area contributed by atoms with Gasteiger partial charge in [-0.1, -0.05) is 0 Å². The van der Waals surface area contributed by atoms with Gasteiger partial charge < -0.3 is 19.5 Å². The molecule has 0 aliphatic carbocycles. The van der Waals surface area contributed by atoms with E-state index in [1.54, 1.807) is 12.3 Å². The summed E-state index contributed by atoms with van der Waals surface area (Å²) in [5.41, 5.74) is 0.176. The van der Waals surface area contributed by atoms with Crippen molar-refractivity contribution in [2.75, 3.05) is 36.0 Å². The van der Waals surface area contributed by atoms with Crippen LogP contribution in [0.15, 0.2) is 12.3 Å². The van der Waals surface area contributed by atoms with Gasteiger partial charge in [-0.05, 0) is 40.8 Å². The lowest BCUT2D eigenvalue weighted by atomic mass is 9.80. The highest BCUT2D eigenvalue weighted by Gasteiger charge is 2.52. The Kier molecular flexibility index (Phi) is 4.75. The van der Waals surface area contributed by atoms with Gasteiger partial charge in [0.25, 0.3) is 0 Å². The maximum atomic E-state index is 11.8. The fraction of sp³-hybridized carbons (Fsp3) is 0.688. The summed E-state index contributed by atoms with van der Waals surface area (Å²) in [5.74, 6) is 0.613. The number of hydrogen-bond donors (Lipinski definition) is 2. The molecule has 0 spiro atoms. The van der Waals surface area contributed by atoms with Crippen LogP contribution < -0.4 is 20.4 Å². The van der Waals surface area contributed by atoms with Crippen LogP contribution in [0.1, 0.15) is 27.7 Å². The van der Waals surface area contributed by atoms with Gasteiger partial charge in [-0.25, -0.2) is 13.4 Å². The van der Waals surface area contributed by atoms with Crippen molar-refractivity contribution in [2.24, 2.45) is 0 Å². The lowest BCUT2D eigenvalue weighted by Crippen LogP contribution is -2.57. The van der Waals surface area contributed by atoms with Crippen LogP contribution in [0, 0.1) is 0 Å². The molecule has 26 heavy (non-hydrogen) atoms. The highest BCUT2D eigenvalue weighted by atomic mass is 32.2. The van der Waals surface area contributed by atoms with E-state index in [1.165, 1.54) is 0 Å². The van der Waals surface area contributed by atoms with Gasteiger partial charge in [-0.3, -0.25) is 4.72 Å². The first-order valence-electron chi connectivity index (χ1n) is 8.67. The Morgan fingerprint density at radius 1 is 1.23 bits per heavy atom. The maximum absolute atomic E-state index is 11.8. The average Bonchev–Trinajstić information content (AvgIpc) is 2.66. The zero-order valence-electron chi connectivity index (χ0n) is 16.2. The monoisotopic (exact) mass is 382 g/mol. The normalized spacial score (nSPS) is 22.4. The number of sulfonamides is 1. The van der Waals surface area contributed by atoms with Crippen molar-refractivity contribution in [3.63, 3.8) is 0 Å². The number of anilines is 2. The summed E-state index contributed by atoms with van der Waals surface area (Å²) in [6.45, 7) is 9.45. The van der Waals surface area contributed by atoms with Gasteiger partial charge >= 0.3 is 7.12 Å². The van der Waals surface area contributed by atoms with Crippen molar-refractivity contribution in [3.05, 3.63) is 12.3 Å². The van der Waals surface area contributed by atoms with Gasteiger partial charge in [0.2, 0.25) is 10.0 Å². The minimum atomic E-state index is -3.44. The Balaban J connectivity index is 1.91. The summed E-state index contributed by atoms with van der Waals surface area (Å²) in [6.07, 6.45) is 2.82. The van der Waals surface area contributed by atoms with Crippen LogP contribution in [0.5, 0.6) is 0 Å². The highest BCUT2D eigenvalue weighted by molar-refractivity contribution is 7.92. The topological polar surface area (TPSA) is 92.8 Å². The van der Waals surface area contributed by atoms with Crippen molar-refractivity contribution in [1.82, 2.24) is 10.3 Å². The number of aromatic nitrogens is 1. The third-order valence-electron chi connectivity index (χ3n) is 5.30. The van der Waals surface area contributed by atoms with Crippen LogP contribution in [0.4, 0.5) is 11.5 Å². The molecule has 10 heteroatoms. The van der Waals surface area contributed by atoms with Crippen molar-refractivity contribution in [1.29, 1.82) is 0 Å². The quantitative estimate of drug-likeness (QED) is 0.701. The standard InChI is InChI=1S/C16H27BN4O4S/c1-15(2)16(3,4)25-17(24-15)11-7-13(20-26(6,22)23)14(19-8-11)21-9-12(10-21)18-5/h7-8,12,18,20H,9-10H2,1-6H3. The van der Waals surface area contributed by atoms with E-state index in [1.807, 2.05) is 39.6 Å². The van der Waals surface area contributed by atoms with Crippen LogP contribution in [0.25, 0.3) is 0 Å². The predicted octanol–water partition coefficient (Wildman–Crippen LogP) is 0.160. The Morgan fingerprint density at radius 3 is 2.31 bits per heavy atom. The minimum absolute atomic E-state index is 0.380. The largest absolute Gasteiger partial charge is 0.496 e. The number of likely N-dealkylation sites (N-methyl/N-ethyl adjacent to an activating group) is 1. The molecule has 0 atom stereocenters. The second-order valence-electron chi connectivity index (χ2n) is 7.99. The van der Waals surface area contributed by atoms with E-state index in [0.29, 0.717) is 23.0 Å². The van der Waals surface area contributed by atoms with E-state index in [9.17, 15) is 8.42 Å². The first-order valence-corrected chi connectivity index (χ1v) is 10.6. The molecular weight excluding hydrogens is 355 g/mol. The van der Waals surface area contributed by atoms with Gasteiger partial charge in [0, 0.05) is 30.8 Å². The highest BCUT2D eigenvalue weighted by Crippen LogP contribution is 2.37. The summed E-state index contributed by atoms with van der Waals surface area (Å²) in [4.78, 5) is 6.54. The molecule has 0 amide bonds. The van der Waals surface area contributed by atoms with Crippen LogP contribution in [0.2, 0.25) is 0 Å². The molecular formula is C16H27BN4O4S. The molecule has 2 aliphatic rings. The van der Waals surface area contributed by atoms with Crippen LogP contribution in [0.3, 0.4) is 0 Å². The molecule has 2 saturated heterocycles. The number of nitrogens with zero attached hydrogens (tertiary/aromatic N) is 2. The van der Waals surface area contributed by atoms with Gasteiger partial charge in [0.1, 0.15) is 0 Å². The van der Waals surface area contributed by atoms with Gasteiger partial charge in [0.15, 0.2) is 5.82 Å². The second-order valence-corrected chi connectivity index (χ2v) is 9.74. The molecule has 144 valence electrons. The molecule has 8 nitrogen and oxygen atoms in total. The average molecular weight is 382 g/mol. The molecule has 0 saturated carbocycles. The van der Waals surface area contributed by atoms with Crippen LogP contribution >= 0.6 is 0 Å². The number of nitrogens with one attached hydrogen (secondary N) is 2. The van der Waals surface area contributed by atoms with Crippen LogP contribution in [-0.2, 0) is 19.3 Å². The SMILES string of the molecule is CNC1CN(c2ncc(B3OC(C)(C)C(C)(C)O3)cc2NS(C)(=O)=O)C1. The second kappa shape index (κ2) is 6.37. The molecule has 2 fully saturated rings. The van der Waals surface area contributed by atoms with Gasteiger partial charge in [-0.2, -0.15) is 0 Å². The molecule has 1 aromatic rings. The maximum Gasteiger partial charge on any atom is 0.496 e. The van der Waals surface area contributed by atoms with Crippen molar-refractivity contribution in [2.45, 2.75) is 44.9 Å². The van der Waals surface area contributed by atoms with E-state index in [4.69, 9.17) is 9.31 Å². The predicted molar refractivity (Wildman–Crippen MR) is 103 cm³/mol. The summed E-state index contributed by atoms with van der Waals surface area (Å²) in [7, 11) is -2.12. The molecule has 2 N–H and O–H groups in total. The third-order valence-corrected chi connectivity index (χ3v) is 5.89. The summed E-state index contributed by atoms with van der Waals surface area (Å²) in [5, 5.41) is 3.19. The lowest BCUT2D eigenvalue weighted by molar-refractivity contribution is 0.00578. The van der Waals surface area contributed by atoms with Crippen molar-refractivity contribution < 1.29 is 17.7 Å². The number of pyridine rings is 1. The van der Waals surface area contributed by atoms with E-state index in [-0.39, 0.29) is 0 Å². The third kappa shape index (κ3) is 3.69. The molecule has 0 unspecified atom stereocenters. The molecule has 3 heterocycles.